The fourth-order valence-corrected chi connectivity index (χ4v) is 5.23. The average Bonchev–Trinajstić information content (AvgIpc) is 2.94. The Hall–Kier alpha value is -3.96. The standard InChI is InChI=1S/C33H48N6O4S/c1-9-21(2)10-14-26-15-13-24(19-36-26)27(34)20-39(35)30-16-23(12-11-22(30)3)32(40)37-28-17-25(33(4,5)6)18-29(31(28)43-7)38-44(8,41)42/h11-13,15-18,20-21,36,38H,9-10,14,19,34-35H2,1-8H3,(H,37,40)/b27-20-. The SMILES string of the molecule is CCC(C)CCC1=CC=C(/C(N)=C/N(N)c2cc(C(=O)Nc3cc(C(C)(C)C)cc(NS(C)(=O)=O)c3OC)ccc2C)CN1. The number of hydrazine groups is 1. The second kappa shape index (κ2) is 14.2. The molecular weight excluding hydrogens is 576 g/mol. The van der Waals surface area contributed by atoms with Crippen molar-refractivity contribution < 1.29 is 17.9 Å². The maximum atomic E-state index is 13.5. The predicted molar refractivity (Wildman–Crippen MR) is 181 cm³/mol. The van der Waals surface area contributed by atoms with Crippen LogP contribution in [0.5, 0.6) is 5.75 Å². The van der Waals surface area contributed by atoms with Gasteiger partial charge in [0, 0.05) is 24.0 Å². The maximum absolute atomic E-state index is 13.5. The third-order valence-electron chi connectivity index (χ3n) is 7.70. The Morgan fingerprint density at radius 2 is 1.86 bits per heavy atom. The molecule has 0 fully saturated rings. The van der Waals surface area contributed by atoms with Gasteiger partial charge in [-0.2, -0.15) is 0 Å². The van der Waals surface area contributed by atoms with Crippen LogP contribution in [0.1, 0.15) is 75.4 Å². The quantitative estimate of drug-likeness (QED) is 0.150. The molecule has 0 saturated heterocycles. The van der Waals surface area contributed by atoms with Crippen LogP contribution in [-0.4, -0.2) is 34.2 Å². The molecule has 1 heterocycles. The molecule has 1 aliphatic rings. The Bertz CT molecular complexity index is 1570. The molecule has 1 amide bonds. The lowest BCUT2D eigenvalue weighted by Crippen LogP contribution is -2.29. The summed E-state index contributed by atoms with van der Waals surface area (Å²) in [6.45, 7) is 13.0. The van der Waals surface area contributed by atoms with Gasteiger partial charge in [-0.05, 0) is 78.1 Å². The van der Waals surface area contributed by atoms with Gasteiger partial charge in [0.15, 0.2) is 5.75 Å². The number of nitrogens with one attached hydrogen (secondary N) is 3. The van der Waals surface area contributed by atoms with E-state index in [2.05, 4.69) is 35.3 Å². The maximum Gasteiger partial charge on any atom is 0.255 e. The predicted octanol–water partition coefficient (Wildman–Crippen LogP) is 5.64. The molecule has 1 aliphatic heterocycles. The monoisotopic (exact) mass is 624 g/mol. The average molecular weight is 625 g/mol. The van der Waals surface area contributed by atoms with Gasteiger partial charge in [-0.15, -0.1) is 0 Å². The van der Waals surface area contributed by atoms with Gasteiger partial charge in [-0.1, -0.05) is 53.2 Å². The number of nitrogens with zero attached hydrogens (tertiary/aromatic N) is 1. The van der Waals surface area contributed by atoms with E-state index in [4.69, 9.17) is 16.3 Å². The molecule has 0 aromatic heterocycles. The number of ether oxygens (including phenoxy) is 1. The first-order valence-corrected chi connectivity index (χ1v) is 16.7. The topological polar surface area (TPSA) is 152 Å². The Labute approximate surface area is 262 Å². The second-order valence-electron chi connectivity index (χ2n) is 12.5. The molecule has 11 heteroatoms. The fraction of sp³-hybridized carbons (Fsp3) is 0.424. The van der Waals surface area contributed by atoms with E-state index < -0.39 is 15.9 Å². The van der Waals surface area contributed by atoms with Crippen molar-refractivity contribution in [2.75, 3.05) is 35.0 Å². The van der Waals surface area contributed by atoms with E-state index >= 15 is 0 Å². The van der Waals surface area contributed by atoms with Gasteiger partial charge in [-0.25, -0.2) is 14.3 Å². The van der Waals surface area contributed by atoms with Crippen molar-refractivity contribution in [1.82, 2.24) is 5.32 Å². The zero-order valence-corrected chi connectivity index (χ0v) is 28.0. The Morgan fingerprint density at radius 3 is 2.43 bits per heavy atom. The van der Waals surface area contributed by atoms with Gasteiger partial charge in [0.05, 0.1) is 36.1 Å². The number of benzene rings is 2. The third-order valence-corrected chi connectivity index (χ3v) is 8.29. The van der Waals surface area contributed by atoms with Crippen LogP contribution in [0.2, 0.25) is 0 Å². The van der Waals surface area contributed by atoms with E-state index in [1.165, 1.54) is 24.2 Å². The van der Waals surface area contributed by atoms with Gasteiger partial charge in [-0.3, -0.25) is 14.5 Å². The molecule has 1 atom stereocenters. The number of hydrogen-bond donors (Lipinski definition) is 5. The highest BCUT2D eigenvalue weighted by molar-refractivity contribution is 7.92. The minimum absolute atomic E-state index is 0.201. The highest BCUT2D eigenvalue weighted by Crippen LogP contribution is 2.39. The van der Waals surface area contributed by atoms with Gasteiger partial charge in [0.2, 0.25) is 10.0 Å². The van der Waals surface area contributed by atoms with E-state index in [1.54, 1.807) is 36.5 Å². The highest BCUT2D eigenvalue weighted by Gasteiger charge is 2.23. The lowest BCUT2D eigenvalue weighted by molar-refractivity contribution is 0.102. The van der Waals surface area contributed by atoms with Crippen molar-refractivity contribution in [2.45, 2.75) is 66.2 Å². The molecule has 7 N–H and O–H groups in total. The molecule has 0 aliphatic carbocycles. The van der Waals surface area contributed by atoms with Crippen molar-refractivity contribution in [2.24, 2.45) is 17.5 Å². The minimum atomic E-state index is -3.61. The minimum Gasteiger partial charge on any atom is -0.492 e. The van der Waals surface area contributed by atoms with Gasteiger partial charge in [0.1, 0.15) is 0 Å². The summed E-state index contributed by atoms with van der Waals surface area (Å²) in [6, 6.07) is 8.69. The van der Waals surface area contributed by atoms with E-state index in [1.807, 2.05) is 33.8 Å². The van der Waals surface area contributed by atoms with E-state index in [-0.39, 0.29) is 16.9 Å². The largest absolute Gasteiger partial charge is 0.492 e. The molecule has 2 aromatic carbocycles. The molecule has 1 unspecified atom stereocenters. The number of carbonyl (C=O) groups excluding carboxylic acids is 1. The summed E-state index contributed by atoms with van der Waals surface area (Å²) in [7, 11) is -2.19. The van der Waals surface area contributed by atoms with Crippen molar-refractivity contribution >= 4 is 33.0 Å². The molecule has 0 radical (unpaired) electrons. The Morgan fingerprint density at radius 1 is 1.18 bits per heavy atom. The Balaban J connectivity index is 1.87. The molecule has 2 aromatic rings. The summed E-state index contributed by atoms with van der Waals surface area (Å²) in [5.74, 6) is 6.91. The lowest BCUT2D eigenvalue weighted by atomic mass is 9.86. The number of carbonyl (C=O) groups is 1. The molecule has 240 valence electrons. The summed E-state index contributed by atoms with van der Waals surface area (Å²) in [5.41, 5.74) is 11.9. The van der Waals surface area contributed by atoms with E-state index in [0.29, 0.717) is 35.1 Å². The van der Waals surface area contributed by atoms with Gasteiger partial charge >= 0.3 is 0 Å². The van der Waals surface area contributed by atoms with Crippen LogP contribution in [0.3, 0.4) is 0 Å². The zero-order valence-electron chi connectivity index (χ0n) is 27.2. The van der Waals surface area contributed by atoms with Crippen LogP contribution in [0.25, 0.3) is 0 Å². The first-order chi connectivity index (χ1) is 20.5. The van der Waals surface area contributed by atoms with Gasteiger partial charge in [0.25, 0.3) is 5.91 Å². The first kappa shape index (κ1) is 34.5. The molecule has 0 spiro atoms. The number of rotatable bonds is 12. The van der Waals surface area contributed by atoms with Crippen molar-refractivity contribution in [3.63, 3.8) is 0 Å². The molecule has 0 bridgehead atoms. The lowest BCUT2D eigenvalue weighted by Gasteiger charge is -2.24. The van der Waals surface area contributed by atoms with Crippen molar-refractivity contribution in [3.8, 4) is 5.75 Å². The fourth-order valence-electron chi connectivity index (χ4n) is 4.68. The number of hydrogen-bond acceptors (Lipinski definition) is 8. The normalized spacial score (nSPS) is 14.6. The van der Waals surface area contributed by atoms with Crippen LogP contribution in [0.15, 0.2) is 65.7 Å². The Kier molecular flexibility index (Phi) is 11.2. The number of aryl methyl sites for hydroxylation is 1. The van der Waals surface area contributed by atoms with Crippen molar-refractivity contribution in [3.05, 3.63) is 82.3 Å². The number of nitrogens with two attached hydrogens (primary N) is 2. The van der Waals surface area contributed by atoms with Crippen LogP contribution in [0.4, 0.5) is 17.1 Å². The molecular formula is C33H48N6O4S. The van der Waals surface area contributed by atoms with Crippen LogP contribution in [-0.2, 0) is 15.4 Å². The van der Waals surface area contributed by atoms with Crippen LogP contribution < -0.4 is 36.7 Å². The van der Waals surface area contributed by atoms with E-state index in [9.17, 15) is 13.2 Å². The second-order valence-corrected chi connectivity index (χ2v) is 14.2. The highest BCUT2D eigenvalue weighted by atomic mass is 32.2. The number of amides is 1. The number of allylic oxidation sites excluding steroid dienone is 3. The van der Waals surface area contributed by atoms with Crippen LogP contribution >= 0.6 is 0 Å². The first-order valence-electron chi connectivity index (χ1n) is 14.8. The summed E-state index contributed by atoms with van der Waals surface area (Å²) in [4.78, 5) is 13.5. The van der Waals surface area contributed by atoms with E-state index in [0.717, 1.165) is 35.8 Å². The zero-order chi connectivity index (χ0) is 32.8. The summed E-state index contributed by atoms with van der Waals surface area (Å²) in [6.07, 6.45) is 10.1. The molecule has 10 nitrogen and oxygen atoms in total. The smallest absolute Gasteiger partial charge is 0.255 e. The van der Waals surface area contributed by atoms with Gasteiger partial charge < -0.3 is 21.1 Å². The molecule has 3 rings (SSSR count). The molecule has 0 saturated carbocycles. The summed E-state index contributed by atoms with van der Waals surface area (Å²) >= 11 is 0. The van der Waals surface area contributed by atoms with Crippen molar-refractivity contribution in [1.29, 1.82) is 0 Å². The number of sulfonamides is 1. The number of methoxy groups -OCH3 is 1. The third kappa shape index (κ3) is 9.27. The van der Waals surface area contributed by atoms with Crippen LogP contribution in [0, 0.1) is 12.8 Å². The number of anilines is 3. The number of dihydropyridines is 1. The molecule has 44 heavy (non-hydrogen) atoms. The summed E-state index contributed by atoms with van der Waals surface area (Å²) < 4.78 is 32.2. The summed E-state index contributed by atoms with van der Waals surface area (Å²) in [5, 5.41) is 7.77.